The number of aromatic nitrogens is 2. The maximum absolute atomic E-state index is 13.3. The number of amides is 1. The monoisotopic (exact) mass is 428 g/mol. The zero-order valence-electron chi connectivity index (χ0n) is 15.4. The van der Waals surface area contributed by atoms with Crippen LogP contribution in [0.15, 0.2) is 63.8 Å². The van der Waals surface area contributed by atoms with E-state index in [9.17, 15) is 4.79 Å². The molecule has 1 aromatic heterocycles. The molecule has 2 heterocycles. The number of nitrogens with one attached hydrogen (secondary N) is 1. The molecule has 0 saturated heterocycles. The second-order valence-corrected chi connectivity index (χ2v) is 9.42. The summed E-state index contributed by atoms with van der Waals surface area (Å²) in [6.07, 6.45) is 0. The number of para-hydroxylation sites is 1. The molecule has 1 aliphatic heterocycles. The summed E-state index contributed by atoms with van der Waals surface area (Å²) in [5.41, 5.74) is 2.15. The first-order valence-electron chi connectivity index (χ1n) is 9.05. The van der Waals surface area contributed by atoms with Crippen molar-refractivity contribution < 1.29 is 4.79 Å². The predicted octanol–water partition coefficient (Wildman–Crippen LogP) is 4.94. The fraction of sp³-hybridized carbons (Fsp3) is 0.250. The molecule has 0 radical (unpaired) electrons. The van der Waals surface area contributed by atoms with E-state index >= 15 is 0 Å². The summed E-state index contributed by atoms with van der Waals surface area (Å²) >= 11 is 4.74. The van der Waals surface area contributed by atoms with Gasteiger partial charge in [-0.05, 0) is 24.6 Å². The van der Waals surface area contributed by atoms with E-state index in [2.05, 4.69) is 33.7 Å². The Labute approximate surface area is 176 Å². The number of carbonyl (C=O) groups excluding carboxylic acids is 1. The first kappa shape index (κ1) is 19.3. The van der Waals surface area contributed by atoms with Gasteiger partial charge in [0, 0.05) is 17.2 Å². The van der Waals surface area contributed by atoms with Gasteiger partial charge in [0.15, 0.2) is 4.34 Å². The number of carbonyl (C=O) groups is 1. The number of thioether (sulfide) groups is 2. The highest BCUT2D eigenvalue weighted by Crippen LogP contribution is 2.43. The van der Waals surface area contributed by atoms with Crippen molar-refractivity contribution in [1.82, 2.24) is 10.2 Å². The third-order valence-corrected chi connectivity index (χ3v) is 7.48. The maximum atomic E-state index is 13.3. The second-order valence-electron chi connectivity index (χ2n) is 6.16. The average Bonchev–Trinajstić information content (AvgIpc) is 3.19. The molecule has 0 fully saturated rings. The van der Waals surface area contributed by atoms with Gasteiger partial charge in [0.25, 0.3) is 0 Å². The molecule has 0 aliphatic carbocycles. The Balaban J connectivity index is 1.56. The molecule has 144 valence electrons. The summed E-state index contributed by atoms with van der Waals surface area (Å²) in [4.78, 5) is 16.4. The number of nitrogens with zero attached hydrogens (tertiary/aromatic N) is 3. The number of anilines is 2. The molecule has 1 atom stereocenters. The molecular weight excluding hydrogens is 408 g/mol. The van der Waals surface area contributed by atoms with Crippen LogP contribution >= 0.6 is 34.9 Å². The lowest BCUT2D eigenvalue weighted by Crippen LogP contribution is -2.39. The minimum atomic E-state index is 0.0286. The Kier molecular flexibility index (Phi) is 6.19. The summed E-state index contributed by atoms with van der Waals surface area (Å²) in [7, 11) is 0. The van der Waals surface area contributed by atoms with Gasteiger partial charge in [-0.1, -0.05) is 65.6 Å². The van der Waals surface area contributed by atoms with Crippen LogP contribution in [-0.4, -0.2) is 34.2 Å². The lowest BCUT2D eigenvalue weighted by molar-refractivity contribution is -0.116. The molecule has 5 nitrogen and oxygen atoms in total. The summed E-state index contributed by atoms with van der Waals surface area (Å²) < 4.78 is 0.806. The van der Waals surface area contributed by atoms with Gasteiger partial charge in [0.2, 0.25) is 11.0 Å². The zero-order valence-corrected chi connectivity index (χ0v) is 17.8. The second kappa shape index (κ2) is 8.98. The quantitative estimate of drug-likeness (QED) is 0.561. The highest BCUT2D eigenvalue weighted by atomic mass is 32.2. The molecule has 0 saturated carbocycles. The van der Waals surface area contributed by atoms with Crippen LogP contribution in [0.25, 0.3) is 0 Å². The van der Waals surface area contributed by atoms with E-state index in [1.165, 1.54) is 23.1 Å². The van der Waals surface area contributed by atoms with Gasteiger partial charge < -0.3 is 10.2 Å². The first-order chi connectivity index (χ1) is 13.8. The number of benzene rings is 2. The van der Waals surface area contributed by atoms with Crippen LogP contribution in [0.3, 0.4) is 0 Å². The molecule has 2 aromatic carbocycles. The Bertz CT molecular complexity index is 947. The van der Waals surface area contributed by atoms with Crippen molar-refractivity contribution in [3.05, 3.63) is 60.2 Å². The molecule has 4 rings (SSSR count). The fourth-order valence-electron chi connectivity index (χ4n) is 3.10. The standard InChI is InChI=1S/C20H20N4OS3/c1-2-21-19-22-23-20(28-19)27-13-18(25)24-15-10-6-7-11-17(15)26-12-16(24)14-8-4-3-5-9-14/h3-11,16H,2,12-13H2,1H3,(H,21,22)/t16-/m1/s1. The number of rotatable bonds is 6. The van der Waals surface area contributed by atoms with Gasteiger partial charge in [-0.25, -0.2) is 0 Å². The normalized spacial score (nSPS) is 15.9. The van der Waals surface area contributed by atoms with Crippen molar-refractivity contribution in [1.29, 1.82) is 0 Å². The Morgan fingerprint density at radius 2 is 1.96 bits per heavy atom. The van der Waals surface area contributed by atoms with Gasteiger partial charge >= 0.3 is 0 Å². The highest BCUT2D eigenvalue weighted by molar-refractivity contribution is 8.01. The van der Waals surface area contributed by atoms with Crippen molar-refractivity contribution in [3.8, 4) is 0 Å². The summed E-state index contributed by atoms with van der Waals surface area (Å²) in [5.74, 6) is 1.27. The van der Waals surface area contributed by atoms with Gasteiger partial charge in [0.05, 0.1) is 17.5 Å². The van der Waals surface area contributed by atoms with E-state index in [4.69, 9.17) is 0 Å². The van der Waals surface area contributed by atoms with E-state index in [0.717, 1.165) is 37.9 Å². The smallest absolute Gasteiger partial charge is 0.238 e. The largest absolute Gasteiger partial charge is 0.360 e. The van der Waals surface area contributed by atoms with E-state index in [1.54, 1.807) is 11.8 Å². The maximum Gasteiger partial charge on any atom is 0.238 e. The molecule has 0 bridgehead atoms. The molecule has 0 unspecified atom stereocenters. The zero-order chi connectivity index (χ0) is 19.3. The Hall–Kier alpha value is -2.03. The van der Waals surface area contributed by atoms with Gasteiger partial charge in [0.1, 0.15) is 0 Å². The molecule has 3 aromatic rings. The molecule has 0 spiro atoms. The van der Waals surface area contributed by atoms with Crippen LogP contribution in [-0.2, 0) is 4.79 Å². The van der Waals surface area contributed by atoms with Crippen molar-refractivity contribution in [2.75, 3.05) is 28.3 Å². The van der Waals surface area contributed by atoms with Crippen molar-refractivity contribution in [2.24, 2.45) is 0 Å². The highest BCUT2D eigenvalue weighted by Gasteiger charge is 2.32. The summed E-state index contributed by atoms with van der Waals surface area (Å²) in [6.45, 7) is 2.83. The van der Waals surface area contributed by atoms with Gasteiger partial charge in [-0.3, -0.25) is 4.79 Å². The predicted molar refractivity (Wildman–Crippen MR) is 119 cm³/mol. The van der Waals surface area contributed by atoms with Crippen LogP contribution in [0.2, 0.25) is 0 Å². The van der Waals surface area contributed by atoms with Gasteiger partial charge in [-0.15, -0.1) is 22.0 Å². The van der Waals surface area contributed by atoms with Crippen molar-refractivity contribution >= 4 is 51.6 Å². The van der Waals surface area contributed by atoms with Crippen LogP contribution < -0.4 is 10.2 Å². The van der Waals surface area contributed by atoms with Crippen molar-refractivity contribution in [2.45, 2.75) is 22.2 Å². The average molecular weight is 429 g/mol. The van der Waals surface area contributed by atoms with Crippen LogP contribution in [0.5, 0.6) is 0 Å². The lowest BCUT2D eigenvalue weighted by Gasteiger charge is -2.37. The molecule has 8 heteroatoms. The topological polar surface area (TPSA) is 58.1 Å². The van der Waals surface area contributed by atoms with E-state index in [-0.39, 0.29) is 11.9 Å². The number of fused-ring (bicyclic) bond motifs is 1. The molecule has 1 N–H and O–H groups in total. The molecular formula is C20H20N4OS3. The first-order valence-corrected chi connectivity index (χ1v) is 11.8. The molecule has 1 aliphatic rings. The van der Waals surface area contributed by atoms with E-state index < -0.39 is 0 Å². The third-order valence-electron chi connectivity index (χ3n) is 4.34. The molecule has 28 heavy (non-hydrogen) atoms. The molecule has 1 amide bonds. The van der Waals surface area contributed by atoms with Crippen LogP contribution in [0, 0.1) is 0 Å². The number of hydrogen-bond acceptors (Lipinski definition) is 7. The Morgan fingerprint density at radius 3 is 2.79 bits per heavy atom. The van der Waals surface area contributed by atoms with Crippen LogP contribution in [0.4, 0.5) is 10.8 Å². The SMILES string of the molecule is CCNc1nnc(SCC(=O)N2c3ccccc3SC[C@@H]2c2ccccc2)s1. The van der Waals surface area contributed by atoms with Crippen molar-refractivity contribution in [3.63, 3.8) is 0 Å². The third kappa shape index (κ3) is 4.19. The minimum Gasteiger partial charge on any atom is -0.360 e. The fourth-order valence-corrected chi connectivity index (χ4v) is 5.95. The summed E-state index contributed by atoms with van der Waals surface area (Å²) in [5, 5.41) is 12.2. The van der Waals surface area contributed by atoms with E-state index in [0.29, 0.717) is 5.75 Å². The van der Waals surface area contributed by atoms with Gasteiger partial charge in [-0.2, -0.15) is 0 Å². The number of hydrogen-bond donors (Lipinski definition) is 1. The minimum absolute atomic E-state index is 0.0286. The lowest BCUT2D eigenvalue weighted by atomic mass is 10.1. The van der Waals surface area contributed by atoms with Crippen LogP contribution in [0.1, 0.15) is 18.5 Å². The Morgan fingerprint density at radius 1 is 1.18 bits per heavy atom. The summed E-state index contributed by atoms with van der Waals surface area (Å²) in [6, 6.07) is 18.4. The van der Waals surface area contributed by atoms with E-state index in [1.807, 2.05) is 48.2 Å².